The largest absolute Gasteiger partial charge is 0.480 e. The molecule has 1 atom stereocenters. The van der Waals surface area contributed by atoms with Gasteiger partial charge in [0.25, 0.3) is 0 Å². The third-order valence-electron chi connectivity index (χ3n) is 1.24. The van der Waals surface area contributed by atoms with E-state index in [1.54, 1.807) is 5.38 Å². The summed E-state index contributed by atoms with van der Waals surface area (Å²) in [6, 6.07) is -0.896. The van der Waals surface area contributed by atoms with Crippen LogP contribution in [0.5, 0.6) is 0 Å². The Morgan fingerprint density at radius 2 is 2.58 bits per heavy atom. The van der Waals surface area contributed by atoms with Crippen molar-refractivity contribution in [2.75, 3.05) is 0 Å². The molecule has 4 nitrogen and oxygen atoms in total. The van der Waals surface area contributed by atoms with Gasteiger partial charge in [0.15, 0.2) is 0 Å². The fourth-order valence-corrected chi connectivity index (χ4v) is 1.66. The molecule has 0 saturated heterocycles. The van der Waals surface area contributed by atoms with Crippen LogP contribution in [-0.4, -0.2) is 22.1 Å². The van der Waals surface area contributed by atoms with Gasteiger partial charge in [-0.05, 0) is 0 Å². The molecule has 1 rings (SSSR count). The third kappa shape index (κ3) is 2.44. The minimum absolute atomic E-state index is 0.229. The molecule has 0 aliphatic heterocycles. The van der Waals surface area contributed by atoms with Gasteiger partial charge in [-0.1, -0.05) is 11.6 Å². The summed E-state index contributed by atoms with van der Waals surface area (Å²) in [6.07, 6.45) is 0.229. The summed E-state index contributed by atoms with van der Waals surface area (Å²) in [6.45, 7) is 0. The summed E-state index contributed by atoms with van der Waals surface area (Å²) in [7, 11) is 0. The van der Waals surface area contributed by atoms with E-state index in [1.807, 2.05) is 0 Å². The first kappa shape index (κ1) is 9.44. The summed E-state index contributed by atoms with van der Waals surface area (Å²) >= 11 is 6.84. The number of hydrogen-bond acceptors (Lipinski definition) is 4. The van der Waals surface area contributed by atoms with Gasteiger partial charge in [0.1, 0.15) is 11.2 Å². The number of hydrogen-bond donors (Lipinski definition) is 2. The van der Waals surface area contributed by atoms with Crippen LogP contribution < -0.4 is 5.73 Å². The number of nitrogens with two attached hydrogens (primary N) is 1. The zero-order chi connectivity index (χ0) is 9.14. The normalized spacial score (nSPS) is 12.8. The first-order chi connectivity index (χ1) is 5.59. The minimum atomic E-state index is -1.03. The highest BCUT2D eigenvalue weighted by Gasteiger charge is 2.13. The second-order valence-electron chi connectivity index (χ2n) is 2.21. The third-order valence-corrected chi connectivity index (χ3v) is 2.43. The van der Waals surface area contributed by atoms with Crippen LogP contribution >= 0.6 is 22.9 Å². The Kier molecular flexibility index (Phi) is 3.02. The molecule has 1 unspecified atom stereocenters. The fraction of sp³-hybridized carbons (Fsp3) is 0.333. The van der Waals surface area contributed by atoms with E-state index in [0.717, 1.165) is 0 Å². The molecule has 0 aliphatic rings. The molecular formula is C6H7ClN2O2S. The van der Waals surface area contributed by atoms with Gasteiger partial charge in [0.05, 0.1) is 5.01 Å². The predicted octanol–water partition coefficient (Wildman–Crippen LogP) is 0.751. The van der Waals surface area contributed by atoms with Crippen molar-refractivity contribution in [1.29, 1.82) is 0 Å². The number of nitrogens with zero attached hydrogens (tertiary/aromatic N) is 1. The number of rotatable bonds is 3. The van der Waals surface area contributed by atoms with E-state index in [9.17, 15) is 4.79 Å². The average Bonchev–Trinajstić information content (AvgIpc) is 2.35. The van der Waals surface area contributed by atoms with Gasteiger partial charge >= 0.3 is 5.97 Å². The summed E-state index contributed by atoms with van der Waals surface area (Å²) in [5, 5.41) is 11.1. The number of thiazole rings is 1. The van der Waals surface area contributed by atoms with Gasteiger partial charge in [-0.3, -0.25) is 4.79 Å². The number of aliphatic carboxylic acids is 1. The zero-order valence-electron chi connectivity index (χ0n) is 6.03. The Morgan fingerprint density at radius 3 is 3.00 bits per heavy atom. The Labute approximate surface area is 78.0 Å². The van der Waals surface area contributed by atoms with Crippen LogP contribution in [0.15, 0.2) is 5.38 Å². The van der Waals surface area contributed by atoms with Gasteiger partial charge in [0, 0.05) is 11.8 Å². The quantitative estimate of drug-likeness (QED) is 0.765. The molecule has 66 valence electrons. The molecule has 0 aromatic carbocycles. The maximum absolute atomic E-state index is 10.3. The van der Waals surface area contributed by atoms with Gasteiger partial charge in [-0.15, -0.1) is 11.3 Å². The molecule has 1 aromatic rings. The topological polar surface area (TPSA) is 76.2 Å². The first-order valence-corrected chi connectivity index (χ1v) is 4.43. The highest BCUT2D eigenvalue weighted by atomic mass is 35.5. The van der Waals surface area contributed by atoms with E-state index < -0.39 is 12.0 Å². The van der Waals surface area contributed by atoms with E-state index in [1.165, 1.54) is 11.3 Å². The van der Waals surface area contributed by atoms with E-state index in [0.29, 0.717) is 10.2 Å². The van der Waals surface area contributed by atoms with Crippen LogP contribution in [0.1, 0.15) is 5.01 Å². The number of carbonyl (C=O) groups is 1. The lowest BCUT2D eigenvalue weighted by molar-refractivity contribution is -0.138. The molecule has 0 aliphatic carbocycles. The molecule has 0 fully saturated rings. The highest BCUT2D eigenvalue weighted by molar-refractivity contribution is 7.10. The number of aromatic nitrogens is 1. The lowest BCUT2D eigenvalue weighted by Gasteiger charge is -2.01. The lowest BCUT2D eigenvalue weighted by Crippen LogP contribution is -2.32. The van der Waals surface area contributed by atoms with Crippen molar-refractivity contribution in [3.63, 3.8) is 0 Å². The van der Waals surface area contributed by atoms with E-state index >= 15 is 0 Å². The van der Waals surface area contributed by atoms with Crippen molar-refractivity contribution >= 4 is 28.9 Å². The zero-order valence-corrected chi connectivity index (χ0v) is 7.60. The minimum Gasteiger partial charge on any atom is -0.480 e. The molecule has 0 saturated carbocycles. The molecular weight excluding hydrogens is 200 g/mol. The summed E-state index contributed by atoms with van der Waals surface area (Å²) in [4.78, 5) is 14.2. The number of carboxylic acids is 1. The maximum atomic E-state index is 10.3. The van der Waals surface area contributed by atoms with Gasteiger partial charge in [-0.2, -0.15) is 0 Å². The van der Waals surface area contributed by atoms with Gasteiger partial charge in [-0.25, -0.2) is 4.98 Å². The van der Waals surface area contributed by atoms with Crippen LogP contribution in [-0.2, 0) is 11.2 Å². The van der Waals surface area contributed by atoms with Crippen LogP contribution in [0, 0.1) is 0 Å². The maximum Gasteiger partial charge on any atom is 0.320 e. The monoisotopic (exact) mass is 206 g/mol. The molecule has 0 radical (unpaired) electrons. The SMILES string of the molecule is NC(Cc1nc(Cl)cs1)C(=O)O. The van der Waals surface area contributed by atoms with Crippen molar-refractivity contribution in [1.82, 2.24) is 4.98 Å². The fourth-order valence-electron chi connectivity index (χ4n) is 0.658. The molecule has 6 heteroatoms. The molecule has 0 bridgehead atoms. The van der Waals surface area contributed by atoms with Gasteiger partial charge in [0.2, 0.25) is 0 Å². The van der Waals surface area contributed by atoms with Crippen LogP contribution in [0.25, 0.3) is 0 Å². The van der Waals surface area contributed by atoms with E-state index in [2.05, 4.69) is 4.98 Å². The van der Waals surface area contributed by atoms with Crippen molar-refractivity contribution in [2.24, 2.45) is 5.73 Å². The van der Waals surface area contributed by atoms with E-state index in [4.69, 9.17) is 22.4 Å². The molecule has 1 aromatic heterocycles. The van der Waals surface area contributed by atoms with Crippen LogP contribution in [0.2, 0.25) is 5.15 Å². The molecule has 3 N–H and O–H groups in total. The smallest absolute Gasteiger partial charge is 0.320 e. The summed E-state index contributed by atoms with van der Waals surface area (Å²) in [5.74, 6) is -1.03. The molecule has 0 amide bonds. The van der Waals surface area contributed by atoms with E-state index in [-0.39, 0.29) is 6.42 Å². The second kappa shape index (κ2) is 3.84. The average molecular weight is 207 g/mol. The van der Waals surface area contributed by atoms with Crippen LogP contribution in [0.4, 0.5) is 0 Å². The van der Waals surface area contributed by atoms with Crippen molar-refractivity contribution in [3.8, 4) is 0 Å². The first-order valence-electron chi connectivity index (χ1n) is 3.18. The van der Waals surface area contributed by atoms with Crippen molar-refractivity contribution < 1.29 is 9.90 Å². The van der Waals surface area contributed by atoms with Crippen LogP contribution in [0.3, 0.4) is 0 Å². The van der Waals surface area contributed by atoms with Gasteiger partial charge < -0.3 is 10.8 Å². The predicted molar refractivity (Wildman–Crippen MR) is 46.4 cm³/mol. The number of halogens is 1. The second-order valence-corrected chi connectivity index (χ2v) is 3.54. The number of carboxylic acid groups (broad SMARTS) is 1. The summed E-state index contributed by atoms with van der Waals surface area (Å²) in [5.41, 5.74) is 5.28. The molecule has 12 heavy (non-hydrogen) atoms. The Hall–Kier alpha value is -0.650. The van der Waals surface area contributed by atoms with Crippen molar-refractivity contribution in [3.05, 3.63) is 15.5 Å². The lowest BCUT2D eigenvalue weighted by atomic mass is 10.2. The molecule has 1 heterocycles. The molecule has 0 spiro atoms. The standard InChI is InChI=1S/C6H7ClN2O2S/c7-4-2-12-5(9-4)1-3(8)6(10)11/h2-3H,1,8H2,(H,10,11). The Bertz CT molecular complexity index is 289. The highest BCUT2D eigenvalue weighted by Crippen LogP contribution is 2.15. The van der Waals surface area contributed by atoms with Crippen molar-refractivity contribution in [2.45, 2.75) is 12.5 Å². The Balaban J connectivity index is 2.58. The summed E-state index contributed by atoms with van der Waals surface area (Å²) < 4.78 is 0. The Morgan fingerprint density at radius 1 is 1.92 bits per heavy atom.